The summed E-state index contributed by atoms with van der Waals surface area (Å²) in [5.74, 6) is -4.07. The Morgan fingerprint density at radius 2 is 1.40 bits per heavy atom. The smallest absolute Gasteiger partial charge is 0.255 e. The zero-order chi connectivity index (χ0) is 25.5. The molecule has 1 aliphatic heterocycles. The molecule has 35 heavy (non-hydrogen) atoms. The lowest BCUT2D eigenvalue weighted by molar-refractivity contribution is -0.123. The third-order valence-electron chi connectivity index (χ3n) is 6.94. The largest absolute Gasteiger partial charge is 0.322 e. The van der Waals surface area contributed by atoms with Crippen molar-refractivity contribution in [2.75, 3.05) is 10.2 Å². The van der Waals surface area contributed by atoms with Crippen LogP contribution in [-0.4, -0.2) is 31.8 Å². The Bertz CT molecular complexity index is 1280. The molecule has 3 aliphatic rings. The lowest BCUT2D eigenvalue weighted by Gasteiger charge is -2.34. The van der Waals surface area contributed by atoms with Gasteiger partial charge in [-0.3, -0.25) is 14.4 Å². The fourth-order valence-electron chi connectivity index (χ4n) is 5.16. The maximum Gasteiger partial charge on any atom is 0.255 e. The number of carbonyl (C=O) groups excluding carboxylic acids is 3. The molecule has 0 aromatic heterocycles. The Morgan fingerprint density at radius 1 is 0.886 bits per heavy atom. The summed E-state index contributed by atoms with van der Waals surface area (Å²) in [6, 6.07) is 13.5. The van der Waals surface area contributed by atoms with Gasteiger partial charge >= 0.3 is 0 Å². The van der Waals surface area contributed by atoms with Gasteiger partial charge in [-0.2, -0.15) is 0 Å². The highest BCUT2D eigenvalue weighted by Crippen LogP contribution is 2.77. The van der Waals surface area contributed by atoms with Crippen LogP contribution >= 0.6 is 69.6 Å². The second-order valence-corrected chi connectivity index (χ2v) is 11.9. The van der Waals surface area contributed by atoms with Crippen LogP contribution in [0.5, 0.6) is 0 Å². The van der Waals surface area contributed by atoms with E-state index < -0.39 is 37.7 Å². The van der Waals surface area contributed by atoms with Crippen molar-refractivity contribution in [1.82, 2.24) is 0 Å². The molecule has 2 aromatic carbocycles. The van der Waals surface area contributed by atoms with Crippen LogP contribution < -0.4 is 10.2 Å². The first-order valence-electron chi connectivity index (χ1n) is 10.6. The molecule has 2 fully saturated rings. The van der Waals surface area contributed by atoms with Crippen molar-refractivity contribution < 1.29 is 14.4 Å². The van der Waals surface area contributed by atoms with Gasteiger partial charge in [-0.25, -0.2) is 4.90 Å². The van der Waals surface area contributed by atoms with Gasteiger partial charge in [0.25, 0.3) is 5.91 Å². The number of carbonyl (C=O) groups is 3. The minimum absolute atomic E-state index is 0.149. The number of anilines is 2. The predicted molar refractivity (Wildman–Crippen MR) is 140 cm³/mol. The van der Waals surface area contributed by atoms with Gasteiger partial charge in [0.2, 0.25) is 11.8 Å². The number of benzene rings is 2. The monoisotopic (exact) mass is 590 g/mol. The first-order chi connectivity index (χ1) is 16.4. The van der Waals surface area contributed by atoms with E-state index in [9.17, 15) is 14.4 Å². The number of hydrogen-bond acceptors (Lipinski definition) is 3. The Hall–Kier alpha value is -1.47. The van der Waals surface area contributed by atoms with E-state index in [2.05, 4.69) is 5.32 Å². The van der Waals surface area contributed by atoms with Crippen LogP contribution in [-0.2, 0) is 16.0 Å². The lowest BCUT2D eigenvalue weighted by Crippen LogP contribution is -2.50. The summed E-state index contributed by atoms with van der Waals surface area (Å²) in [6.45, 7) is 2.00. The number of hydrogen-bond donors (Lipinski definition) is 1. The quantitative estimate of drug-likeness (QED) is 0.328. The number of imide groups is 1. The number of halogens is 6. The first kappa shape index (κ1) is 25.2. The first-order valence-corrected chi connectivity index (χ1v) is 12.9. The molecule has 11 heteroatoms. The van der Waals surface area contributed by atoms with Crippen molar-refractivity contribution in [3.63, 3.8) is 0 Å². The number of allylic oxidation sites excluding steroid dienone is 2. The number of nitrogens with zero attached hydrogens (tertiary/aromatic N) is 1. The molecular weight excluding hydrogens is 577 g/mol. The Labute approximate surface area is 231 Å². The molecule has 0 radical (unpaired) electrons. The van der Waals surface area contributed by atoms with E-state index in [0.29, 0.717) is 11.3 Å². The second-order valence-electron chi connectivity index (χ2n) is 8.60. The normalized spacial score (nSPS) is 30.8. The van der Waals surface area contributed by atoms with Crippen molar-refractivity contribution >= 4 is 98.7 Å². The molecule has 0 spiro atoms. The Balaban J connectivity index is 1.44. The minimum Gasteiger partial charge on any atom is -0.322 e. The molecule has 1 saturated carbocycles. The van der Waals surface area contributed by atoms with E-state index in [4.69, 9.17) is 69.6 Å². The van der Waals surface area contributed by atoms with Crippen molar-refractivity contribution in [2.24, 2.45) is 11.8 Å². The molecule has 1 N–H and O–H groups in total. The predicted octanol–water partition coefficient (Wildman–Crippen LogP) is 6.45. The van der Waals surface area contributed by atoms with Gasteiger partial charge in [-0.15, -0.1) is 23.2 Å². The number of amides is 3. The SMILES string of the molecule is CCc1ccccc1NC(=O)c1ccc(N2C(=O)[C@@H]3[C@H](C2=O)[C@@]2(Cl)C(Cl)=C(Cl)[C@@]3(Cl)C2(Cl)Cl)cc1. The molecule has 182 valence electrons. The molecule has 1 saturated heterocycles. The van der Waals surface area contributed by atoms with Crippen LogP contribution in [0, 0.1) is 11.8 Å². The summed E-state index contributed by atoms with van der Waals surface area (Å²) in [6.07, 6.45) is 0.760. The Morgan fingerprint density at radius 3 is 1.91 bits per heavy atom. The lowest BCUT2D eigenvalue weighted by atomic mass is 9.84. The standard InChI is InChI=1S/C24H16Cl6N2O3/c1-2-11-5-3-4-6-14(11)31-19(33)12-7-9-13(10-8-12)32-20(34)15-16(21(32)35)23(28)18(26)17(25)22(15,27)24(23,29)30/h3-10,15-16H,2H2,1H3,(H,31,33)/t15-,16+,22-,23-/m1/s1. The third kappa shape index (κ3) is 3.06. The van der Waals surface area contributed by atoms with Gasteiger partial charge in [-0.05, 0) is 42.3 Å². The number of nitrogens with one attached hydrogen (secondary N) is 1. The van der Waals surface area contributed by atoms with Crippen molar-refractivity contribution in [3.05, 3.63) is 69.7 Å². The van der Waals surface area contributed by atoms with Crippen LogP contribution in [0.3, 0.4) is 0 Å². The maximum atomic E-state index is 13.4. The van der Waals surface area contributed by atoms with E-state index in [-0.39, 0.29) is 21.7 Å². The van der Waals surface area contributed by atoms with Crippen LogP contribution in [0.1, 0.15) is 22.8 Å². The molecule has 4 atom stereocenters. The highest BCUT2D eigenvalue weighted by Gasteiger charge is 2.87. The summed E-state index contributed by atoms with van der Waals surface area (Å²) < 4.78 is -1.99. The van der Waals surface area contributed by atoms with Gasteiger partial charge in [0.1, 0.15) is 9.75 Å². The fourth-order valence-corrected chi connectivity index (χ4v) is 8.09. The molecule has 2 aromatic rings. The highest BCUT2D eigenvalue weighted by atomic mass is 35.5. The molecule has 2 aliphatic carbocycles. The summed E-state index contributed by atoms with van der Waals surface area (Å²) in [5, 5.41) is 2.58. The number of para-hydroxylation sites is 1. The minimum atomic E-state index is -1.99. The van der Waals surface area contributed by atoms with Gasteiger partial charge < -0.3 is 5.32 Å². The van der Waals surface area contributed by atoms with E-state index in [1.165, 1.54) is 24.3 Å². The summed E-state index contributed by atoms with van der Waals surface area (Å²) >= 11 is 39.1. The van der Waals surface area contributed by atoms with Gasteiger partial charge in [-0.1, -0.05) is 71.5 Å². The third-order valence-corrected chi connectivity index (χ3v) is 11.2. The number of rotatable bonds is 4. The second kappa shape index (κ2) is 8.27. The zero-order valence-electron chi connectivity index (χ0n) is 17.9. The molecule has 5 rings (SSSR count). The number of fused-ring (bicyclic) bond motifs is 5. The number of alkyl halides is 4. The molecule has 5 nitrogen and oxygen atoms in total. The van der Waals surface area contributed by atoms with E-state index in [1.807, 2.05) is 31.2 Å². The fraction of sp³-hybridized carbons (Fsp3) is 0.292. The molecule has 3 amide bonds. The summed E-state index contributed by atoms with van der Waals surface area (Å²) in [5.41, 5.74) is 2.29. The maximum absolute atomic E-state index is 13.4. The average Bonchev–Trinajstić information content (AvgIpc) is 3.23. The van der Waals surface area contributed by atoms with E-state index >= 15 is 0 Å². The molecular formula is C24H16Cl6N2O3. The van der Waals surface area contributed by atoms with Crippen molar-refractivity contribution in [2.45, 2.75) is 27.4 Å². The van der Waals surface area contributed by atoms with Crippen LogP contribution in [0.4, 0.5) is 11.4 Å². The van der Waals surface area contributed by atoms with E-state index in [1.54, 1.807) is 0 Å². The molecule has 2 bridgehead atoms. The van der Waals surface area contributed by atoms with Gasteiger partial charge in [0.05, 0.1) is 27.6 Å². The number of aryl methyl sites for hydroxylation is 1. The highest BCUT2D eigenvalue weighted by molar-refractivity contribution is 6.67. The van der Waals surface area contributed by atoms with E-state index in [0.717, 1.165) is 16.9 Å². The summed E-state index contributed by atoms with van der Waals surface area (Å²) in [7, 11) is 0. The summed E-state index contributed by atoms with van der Waals surface area (Å²) in [4.78, 5) is 36.9. The molecule has 1 heterocycles. The van der Waals surface area contributed by atoms with Crippen molar-refractivity contribution in [3.8, 4) is 0 Å². The van der Waals surface area contributed by atoms with Crippen molar-refractivity contribution in [1.29, 1.82) is 0 Å². The van der Waals surface area contributed by atoms with Crippen LogP contribution in [0.15, 0.2) is 58.6 Å². The average molecular weight is 593 g/mol. The van der Waals surface area contributed by atoms with Gasteiger partial charge in [0.15, 0.2) is 4.33 Å². The van der Waals surface area contributed by atoms with Crippen LogP contribution in [0.2, 0.25) is 0 Å². The van der Waals surface area contributed by atoms with Crippen LogP contribution in [0.25, 0.3) is 0 Å². The topological polar surface area (TPSA) is 66.5 Å². The van der Waals surface area contributed by atoms with Gasteiger partial charge in [0, 0.05) is 11.3 Å². The molecule has 0 unspecified atom stereocenters. The zero-order valence-corrected chi connectivity index (χ0v) is 22.5. The Kier molecular flexibility index (Phi) is 5.95.